The van der Waals surface area contributed by atoms with Crippen LogP contribution in [0.25, 0.3) is 32.9 Å². The Morgan fingerprint density at radius 3 is 1.43 bits per heavy atom. The molecular formula is C66H76F3N7O13S. The molecule has 0 spiro atoms. The highest BCUT2D eigenvalue weighted by Crippen LogP contribution is 2.36. The van der Waals surface area contributed by atoms with E-state index in [1.54, 1.807) is 29.4 Å². The summed E-state index contributed by atoms with van der Waals surface area (Å²) in [6.45, 7) is 18.7. The highest BCUT2D eigenvalue weighted by Gasteiger charge is 2.49. The van der Waals surface area contributed by atoms with Crippen molar-refractivity contribution in [3.05, 3.63) is 153 Å². The van der Waals surface area contributed by atoms with E-state index in [4.69, 9.17) is 28.4 Å². The van der Waals surface area contributed by atoms with Crippen LogP contribution >= 0.6 is 0 Å². The number of para-hydroxylation sites is 2. The Bertz CT molecular complexity index is 3930. The van der Waals surface area contributed by atoms with Crippen LogP contribution in [0.15, 0.2) is 131 Å². The second-order valence-electron chi connectivity index (χ2n) is 24.6. The lowest BCUT2D eigenvalue weighted by Gasteiger charge is -2.39. The minimum absolute atomic E-state index is 0.0130. The fourth-order valence-electron chi connectivity index (χ4n) is 11.6. The quantitative estimate of drug-likeness (QED) is 0.0692. The van der Waals surface area contributed by atoms with Crippen LogP contribution in [0.5, 0.6) is 28.7 Å². The molecule has 0 N–H and O–H groups in total. The van der Waals surface area contributed by atoms with Crippen LogP contribution in [0, 0.1) is 0 Å². The smallest absolute Gasteiger partial charge is 0.486 e. The number of benzene rings is 4. The molecule has 0 saturated carbocycles. The van der Waals surface area contributed by atoms with Gasteiger partial charge in [0.1, 0.15) is 37.6 Å². The van der Waals surface area contributed by atoms with Crippen molar-refractivity contribution in [3.63, 3.8) is 0 Å². The second kappa shape index (κ2) is 27.4. The number of likely N-dealkylation sites (tertiary alicyclic amines) is 2. The Kier molecular flexibility index (Phi) is 19.7. The molecule has 7 heterocycles. The summed E-state index contributed by atoms with van der Waals surface area (Å²) in [7, 11) is -5.96. The molecule has 4 aliphatic rings. The first kappa shape index (κ1) is 64.6. The van der Waals surface area contributed by atoms with E-state index in [-0.39, 0.29) is 41.2 Å². The van der Waals surface area contributed by atoms with E-state index in [0.29, 0.717) is 95.8 Å². The van der Waals surface area contributed by atoms with Gasteiger partial charge in [0.15, 0.2) is 28.7 Å². The van der Waals surface area contributed by atoms with Gasteiger partial charge in [-0.25, -0.2) is 9.59 Å². The number of ether oxygens (including phenoxy) is 6. The molecular weight excluding hydrogens is 1190 g/mol. The Balaban J connectivity index is 0.000000198. The van der Waals surface area contributed by atoms with Crippen molar-refractivity contribution in [1.82, 2.24) is 33.7 Å². The largest absolute Gasteiger partial charge is 0.534 e. The number of carbonyl (C=O) groups is 2. The first-order chi connectivity index (χ1) is 42.9. The van der Waals surface area contributed by atoms with Crippen molar-refractivity contribution in [1.29, 1.82) is 0 Å². The zero-order valence-electron chi connectivity index (χ0n) is 51.4. The summed E-state index contributed by atoms with van der Waals surface area (Å²) in [5, 5.41) is 1.10. The lowest BCUT2D eigenvalue weighted by atomic mass is 10.0. The highest BCUT2D eigenvalue weighted by atomic mass is 32.2. The second-order valence-corrected chi connectivity index (χ2v) is 26.2. The van der Waals surface area contributed by atoms with Gasteiger partial charge < -0.3 is 61.3 Å². The van der Waals surface area contributed by atoms with Crippen molar-refractivity contribution in [2.75, 3.05) is 65.7 Å². The van der Waals surface area contributed by atoms with Crippen LogP contribution in [-0.4, -0.2) is 149 Å². The summed E-state index contributed by atoms with van der Waals surface area (Å²) in [5.41, 5.74) is -2.70. The third-order valence-electron chi connectivity index (χ3n) is 15.9. The van der Waals surface area contributed by atoms with Gasteiger partial charge in [0.2, 0.25) is 0 Å². The molecule has 3 aromatic heterocycles. The monoisotopic (exact) mass is 1260 g/mol. The lowest BCUT2D eigenvalue weighted by molar-refractivity contribution is -0.0499. The van der Waals surface area contributed by atoms with Crippen LogP contribution in [0.4, 0.5) is 22.8 Å². The Morgan fingerprint density at radius 2 is 0.978 bits per heavy atom. The summed E-state index contributed by atoms with van der Waals surface area (Å²) in [4.78, 5) is 65.3. The van der Waals surface area contributed by atoms with Crippen molar-refractivity contribution in [2.45, 2.75) is 122 Å². The number of carbonyl (C=O) groups excluding carboxylic acids is 2. The summed E-state index contributed by atoms with van der Waals surface area (Å²) in [6.07, 6.45) is 5.69. The van der Waals surface area contributed by atoms with Crippen molar-refractivity contribution in [2.24, 2.45) is 0 Å². The van der Waals surface area contributed by atoms with Crippen molar-refractivity contribution >= 4 is 44.1 Å². The maximum atomic E-state index is 13.4. The Labute approximate surface area is 520 Å². The van der Waals surface area contributed by atoms with Gasteiger partial charge in [-0.1, -0.05) is 42.5 Å². The molecule has 0 unspecified atom stereocenters. The van der Waals surface area contributed by atoms with Crippen LogP contribution in [-0.2, 0) is 45.8 Å². The number of amides is 2. The number of halogens is 3. The van der Waals surface area contributed by atoms with Gasteiger partial charge in [-0.2, -0.15) is 21.6 Å². The SMILES string of the molecule is CC(C)(C)OC(=O)N(Cc1ccc2c(c1)OCCO2)C1CCN(CCn2c(=O)cc(-c3ccncc3)c3ccccc32)CC1.CC(C)(C)OC(=O)N(Cc1ccc2c(c1)OCCO2)C1CCN(CCn2c(=O)cc(OS(=O)(=O)C(F)(F)F)c3ccccc32)CC1. The number of nitrogens with zero attached hydrogens (tertiary/aromatic N) is 7. The average molecular weight is 1260 g/mol. The lowest BCUT2D eigenvalue weighted by Crippen LogP contribution is -2.49. The number of rotatable bonds is 15. The number of hydrogen-bond donors (Lipinski definition) is 0. The van der Waals surface area contributed by atoms with E-state index in [2.05, 4.69) is 25.0 Å². The molecule has 480 valence electrons. The summed E-state index contributed by atoms with van der Waals surface area (Å²) in [5.74, 6) is 2.05. The van der Waals surface area contributed by atoms with Gasteiger partial charge in [-0.05, 0) is 144 Å². The van der Waals surface area contributed by atoms with E-state index in [1.807, 2.05) is 118 Å². The zero-order chi connectivity index (χ0) is 64.0. The van der Waals surface area contributed by atoms with Crippen LogP contribution in [0.3, 0.4) is 0 Å². The fourth-order valence-corrected chi connectivity index (χ4v) is 12.1. The van der Waals surface area contributed by atoms with E-state index < -0.39 is 44.2 Å². The molecule has 90 heavy (non-hydrogen) atoms. The molecule has 2 fully saturated rings. The Morgan fingerprint density at radius 1 is 0.556 bits per heavy atom. The zero-order valence-corrected chi connectivity index (χ0v) is 52.2. The molecule has 7 aromatic rings. The van der Waals surface area contributed by atoms with E-state index >= 15 is 0 Å². The first-order valence-corrected chi connectivity index (χ1v) is 31.6. The predicted molar refractivity (Wildman–Crippen MR) is 333 cm³/mol. The molecule has 20 nitrogen and oxygen atoms in total. The maximum absolute atomic E-state index is 13.4. The van der Waals surface area contributed by atoms with E-state index in [1.165, 1.54) is 22.8 Å². The highest BCUT2D eigenvalue weighted by molar-refractivity contribution is 7.88. The number of hydrogen-bond acceptors (Lipinski definition) is 16. The molecule has 4 aromatic carbocycles. The van der Waals surface area contributed by atoms with Gasteiger partial charge in [0.25, 0.3) is 11.1 Å². The molecule has 0 atom stereocenters. The molecule has 0 bridgehead atoms. The summed E-state index contributed by atoms with van der Waals surface area (Å²) in [6, 6.07) is 31.8. The van der Waals surface area contributed by atoms with Gasteiger partial charge in [-0.15, -0.1) is 0 Å². The van der Waals surface area contributed by atoms with Crippen molar-refractivity contribution < 1.29 is 63.8 Å². The standard InChI is InChI=1S/C35H40N4O5.C31H36F3N3O8S/c1-35(2,3)44-34(41)39(24-25-8-9-31-32(22-25)43-21-20-42-31)27-12-16-37(17-13-27)18-19-38-30-7-5-4-6-28(30)29(23-33(38)40)26-10-14-36-15-11-26;1-30(2,3)44-29(39)37(20-21-8-9-25-27(18-21)43-17-16-42-25)22-10-12-35(13-11-22)14-15-36-24-7-5-4-6-23(24)26(19-28(36)38)45-46(40,41)31(32,33)34/h4-11,14-15,22-23,27H,12-13,16-21,24H2,1-3H3;4-9,18-19,22H,10-17,20H2,1-3H3. The number of fused-ring (bicyclic) bond motifs is 4. The van der Waals surface area contributed by atoms with Gasteiger partial charge in [0.05, 0.1) is 11.0 Å². The molecule has 4 aliphatic heterocycles. The minimum atomic E-state index is -5.96. The first-order valence-electron chi connectivity index (χ1n) is 30.2. The molecule has 0 aliphatic carbocycles. The third-order valence-corrected chi connectivity index (χ3v) is 16.9. The summed E-state index contributed by atoms with van der Waals surface area (Å²) >= 11 is 0. The molecule has 24 heteroatoms. The number of pyridine rings is 3. The van der Waals surface area contributed by atoms with E-state index in [0.717, 1.165) is 77.4 Å². The molecule has 0 radical (unpaired) electrons. The number of alkyl halides is 3. The van der Waals surface area contributed by atoms with Crippen LogP contribution < -0.4 is 34.2 Å². The van der Waals surface area contributed by atoms with Crippen LogP contribution in [0.2, 0.25) is 0 Å². The minimum Gasteiger partial charge on any atom is -0.486 e. The van der Waals surface area contributed by atoms with Crippen LogP contribution in [0.1, 0.15) is 78.4 Å². The normalized spacial score (nSPS) is 16.0. The van der Waals surface area contributed by atoms with Gasteiger partial charge >= 0.3 is 27.8 Å². The van der Waals surface area contributed by atoms with E-state index in [9.17, 15) is 40.8 Å². The Hall–Kier alpha value is -8.35. The number of piperidine rings is 2. The molecule has 2 amide bonds. The predicted octanol–water partition coefficient (Wildman–Crippen LogP) is 10.6. The number of aromatic nitrogens is 3. The molecule has 11 rings (SSSR count). The third kappa shape index (κ3) is 16.0. The van der Waals surface area contributed by atoms with Crippen molar-refractivity contribution in [3.8, 4) is 39.9 Å². The van der Waals surface area contributed by atoms with Gasteiger partial charge in [0, 0.05) is 113 Å². The summed E-state index contributed by atoms with van der Waals surface area (Å²) < 4.78 is 104. The topological polar surface area (TPSA) is 203 Å². The van der Waals surface area contributed by atoms with Gasteiger partial charge in [-0.3, -0.25) is 14.6 Å². The fraction of sp³-hybridized carbons (Fsp3) is 0.439. The maximum Gasteiger partial charge on any atom is 0.534 e. The molecule has 2 saturated heterocycles. The average Bonchev–Trinajstić information content (AvgIpc) is 0.822.